The van der Waals surface area contributed by atoms with Crippen LogP contribution in [-0.4, -0.2) is 47.6 Å². The fourth-order valence-corrected chi connectivity index (χ4v) is 5.36. The Bertz CT molecular complexity index is 651. The van der Waals surface area contributed by atoms with Gasteiger partial charge in [0.2, 0.25) is 0 Å². The lowest BCUT2D eigenvalue weighted by Crippen LogP contribution is -2.41. The van der Waals surface area contributed by atoms with E-state index in [4.69, 9.17) is 4.74 Å². The number of ether oxygens (including phenoxy) is 2. The summed E-state index contributed by atoms with van der Waals surface area (Å²) >= 11 is 0. The number of carbonyl (C=O) groups excluding carboxylic acids is 2. The summed E-state index contributed by atoms with van der Waals surface area (Å²) in [6.07, 6.45) is 16.0. The number of aliphatic hydroxyl groups excluding tert-OH is 2. The van der Waals surface area contributed by atoms with Crippen molar-refractivity contribution in [2.24, 2.45) is 17.3 Å². The topological polar surface area (TPSA) is 93.1 Å². The maximum absolute atomic E-state index is 11.6. The third-order valence-electron chi connectivity index (χ3n) is 7.28. The number of aliphatic hydroxyl groups is 2. The van der Waals surface area contributed by atoms with E-state index in [9.17, 15) is 19.8 Å². The summed E-state index contributed by atoms with van der Waals surface area (Å²) in [7, 11) is 1.39. The molecule has 5 atom stereocenters. The number of carbonyl (C=O) groups is 2. The SMILES string of the molecule is CCCC1(C(O)C/C=C/[C@@H]2[C@@H](C/C=C\CCCC(=O)OC)[C@@H](OC(C)=O)C[C@H]2O)CCC1. The Morgan fingerprint density at radius 1 is 1.22 bits per heavy atom. The van der Waals surface area contributed by atoms with Gasteiger partial charge in [0, 0.05) is 31.6 Å². The molecule has 0 aliphatic heterocycles. The van der Waals surface area contributed by atoms with Crippen LogP contribution in [0.5, 0.6) is 0 Å². The van der Waals surface area contributed by atoms with Gasteiger partial charge >= 0.3 is 11.9 Å². The van der Waals surface area contributed by atoms with Gasteiger partial charge in [0.1, 0.15) is 6.10 Å². The maximum Gasteiger partial charge on any atom is 0.305 e. The number of allylic oxidation sites excluding steroid dienone is 2. The summed E-state index contributed by atoms with van der Waals surface area (Å²) in [5.41, 5.74) is 0.0694. The second kappa shape index (κ2) is 13.1. The van der Waals surface area contributed by atoms with Crippen LogP contribution in [0.3, 0.4) is 0 Å². The van der Waals surface area contributed by atoms with E-state index >= 15 is 0 Å². The minimum absolute atomic E-state index is 0.00699. The largest absolute Gasteiger partial charge is 0.469 e. The average Bonchev–Trinajstić information content (AvgIpc) is 3.00. The fraction of sp³-hybridized carbons (Fsp3) is 0.769. The van der Waals surface area contributed by atoms with Crippen LogP contribution in [0.15, 0.2) is 24.3 Å². The van der Waals surface area contributed by atoms with Crippen LogP contribution < -0.4 is 0 Å². The number of hydrogen-bond donors (Lipinski definition) is 2. The van der Waals surface area contributed by atoms with Gasteiger partial charge in [-0.15, -0.1) is 0 Å². The maximum atomic E-state index is 11.6. The minimum Gasteiger partial charge on any atom is -0.469 e. The van der Waals surface area contributed by atoms with Gasteiger partial charge in [0.25, 0.3) is 0 Å². The second-order valence-electron chi connectivity index (χ2n) is 9.51. The quantitative estimate of drug-likeness (QED) is 0.244. The Morgan fingerprint density at radius 2 is 1.97 bits per heavy atom. The van der Waals surface area contributed by atoms with Gasteiger partial charge < -0.3 is 19.7 Å². The molecule has 1 unspecified atom stereocenters. The Morgan fingerprint density at radius 3 is 2.56 bits per heavy atom. The monoisotopic (exact) mass is 450 g/mol. The summed E-state index contributed by atoms with van der Waals surface area (Å²) in [6.45, 7) is 3.57. The summed E-state index contributed by atoms with van der Waals surface area (Å²) in [5.74, 6) is -0.662. The van der Waals surface area contributed by atoms with Gasteiger partial charge in [-0.25, -0.2) is 0 Å². The Hall–Kier alpha value is -1.66. The normalized spacial score (nSPS) is 28.0. The van der Waals surface area contributed by atoms with Crippen LogP contribution in [-0.2, 0) is 19.1 Å². The molecule has 0 bridgehead atoms. The highest BCUT2D eigenvalue weighted by Gasteiger charge is 2.43. The second-order valence-corrected chi connectivity index (χ2v) is 9.51. The predicted octanol–water partition coefficient (Wildman–Crippen LogP) is 4.48. The predicted molar refractivity (Wildman–Crippen MR) is 124 cm³/mol. The lowest BCUT2D eigenvalue weighted by Gasteiger charge is -2.45. The number of unbranched alkanes of at least 4 members (excludes halogenated alkanes) is 1. The van der Waals surface area contributed by atoms with Gasteiger partial charge in [-0.05, 0) is 50.4 Å². The molecule has 32 heavy (non-hydrogen) atoms. The molecule has 182 valence electrons. The first-order chi connectivity index (χ1) is 15.3. The lowest BCUT2D eigenvalue weighted by atomic mass is 9.62. The van der Waals surface area contributed by atoms with E-state index < -0.39 is 6.10 Å². The molecule has 2 fully saturated rings. The number of rotatable bonds is 13. The first kappa shape index (κ1) is 26.6. The van der Waals surface area contributed by atoms with Crippen LogP contribution in [0.2, 0.25) is 0 Å². The van der Waals surface area contributed by atoms with Crippen LogP contribution in [0, 0.1) is 17.3 Å². The van der Waals surface area contributed by atoms with Crippen molar-refractivity contribution in [2.45, 2.75) is 103 Å². The zero-order valence-electron chi connectivity index (χ0n) is 20.0. The van der Waals surface area contributed by atoms with Gasteiger partial charge in [0.15, 0.2) is 0 Å². The zero-order valence-corrected chi connectivity index (χ0v) is 20.0. The smallest absolute Gasteiger partial charge is 0.305 e. The molecule has 0 aromatic heterocycles. The molecule has 2 N–H and O–H groups in total. The molecule has 0 saturated heterocycles. The highest BCUT2D eigenvalue weighted by Crippen LogP contribution is 2.48. The average molecular weight is 451 g/mol. The number of methoxy groups -OCH3 is 1. The first-order valence-corrected chi connectivity index (χ1v) is 12.2. The Kier molecular flexibility index (Phi) is 10.9. The van der Waals surface area contributed by atoms with Crippen molar-refractivity contribution in [3.63, 3.8) is 0 Å². The molecule has 0 heterocycles. The summed E-state index contributed by atoms with van der Waals surface area (Å²) < 4.78 is 10.2. The first-order valence-electron chi connectivity index (χ1n) is 12.2. The third kappa shape index (κ3) is 7.45. The van der Waals surface area contributed by atoms with Crippen LogP contribution >= 0.6 is 0 Å². The summed E-state index contributed by atoms with van der Waals surface area (Å²) in [4.78, 5) is 22.8. The molecular weight excluding hydrogens is 408 g/mol. The highest BCUT2D eigenvalue weighted by atomic mass is 16.5. The van der Waals surface area contributed by atoms with E-state index in [1.165, 1.54) is 20.5 Å². The van der Waals surface area contributed by atoms with Gasteiger partial charge in [0.05, 0.1) is 19.3 Å². The Labute approximate surface area is 193 Å². The Balaban J connectivity index is 1.95. The van der Waals surface area contributed by atoms with Crippen LogP contribution in [0.4, 0.5) is 0 Å². The molecule has 0 spiro atoms. The molecule has 2 rings (SSSR count). The zero-order chi connectivity index (χ0) is 23.6. The highest BCUT2D eigenvalue weighted by molar-refractivity contribution is 5.69. The van der Waals surface area contributed by atoms with Crippen molar-refractivity contribution < 1.29 is 29.3 Å². The van der Waals surface area contributed by atoms with Crippen molar-refractivity contribution in [3.05, 3.63) is 24.3 Å². The summed E-state index contributed by atoms with van der Waals surface area (Å²) in [5, 5.41) is 21.4. The minimum atomic E-state index is -0.571. The molecule has 2 saturated carbocycles. The molecule has 0 amide bonds. The van der Waals surface area contributed by atoms with Crippen LogP contribution in [0.1, 0.15) is 84.5 Å². The third-order valence-corrected chi connectivity index (χ3v) is 7.28. The van der Waals surface area contributed by atoms with E-state index in [0.717, 1.165) is 38.5 Å². The molecule has 0 radical (unpaired) electrons. The molecule has 2 aliphatic rings. The van der Waals surface area contributed by atoms with Gasteiger partial charge in [-0.2, -0.15) is 0 Å². The lowest BCUT2D eigenvalue weighted by molar-refractivity contribution is -0.148. The van der Waals surface area contributed by atoms with Crippen molar-refractivity contribution in [2.75, 3.05) is 7.11 Å². The molecule has 2 aliphatic carbocycles. The molecule has 0 aromatic carbocycles. The molecular formula is C26H42O6. The van der Waals surface area contributed by atoms with Crippen molar-refractivity contribution >= 4 is 11.9 Å². The van der Waals surface area contributed by atoms with Crippen molar-refractivity contribution in [1.29, 1.82) is 0 Å². The molecule has 6 nitrogen and oxygen atoms in total. The van der Waals surface area contributed by atoms with Gasteiger partial charge in [-0.1, -0.05) is 44.1 Å². The summed E-state index contributed by atoms with van der Waals surface area (Å²) in [6, 6.07) is 0. The fourth-order valence-electron chi connectivity index (χ4n) is 5.36. The number of esters is 2. The van der Waals surface area contributed by atoms with E-state index in [2.05, 4.69) is 17.7 Å². The van der Waals surface area contributed by atoms with Crippen LogP contribution in [0.25, 0.3) is 0 Å². The van der Waals surface area contributed by atoms with E-state index in [-0.39, 0.29) is 41.4 Å². The van der Waals surface area contributed by atoms with E-state index in [0.29, 0.717) is 25.7 Å². The van der Waals surface area contributed by atoms with E-state index in [1.54, 1.807) is 0 Å². The van der Waals surface area contributed by atoms with E-state index in [1.807, 2.05) is 18.2 Å². The number of hydrogen-bond acceptors (Lipinski definition) is 6. The molecule has 0 aromatic rings. The standard InChI is InChI=1S/C26H42O6/c1-4-15-26(16-10-17-26)24(29)13-9-12-20-21(23(18-22(20)28)32-19(2)27)11-7-5-6-8-14-25(30)31-3/h5,7,9,12,20-24,28-29H,4,6,8,10-11,13-18H2,1-3H3/b7-5-,12-9+/t20-,21-,22-,23+,24?/m1/s1. The van der Waals surface area contributed by atoms with Crippen molar-refractivity contribution in [1.82, 2.24) is 0 Å². The molecule has 6 heteroatoms. The van der Waals surface area contributed by atoms with Crippen molar-refractivity contribution in [3.8, 4) is 0 Å². The van der Waals surface area contributed by atoms with Gasteiger partial charge in [-0.3, -0.25) is 9.59 Å².